The summed E-state index contributed by atoms with van der Waals surface area (Å²) in [7, 11) is 0. The molecule has 0 aromatic carbocycles. The first kappa shape index (κ1) is 13.8. The number of nitrogens with two attached hydrogens (primary N) is 1. The number of rotatable bonds is 5. The van der Waals surface area contributed by atoms with E-state index in [0.29, 0.717) is 24.9 Å². The summed E-state index contributed by atoms with van der Waals surface area (Å²) in [6, 6.07) is 0.466. The summed E-state index contributed by atoms with van der Waals surface area (Å²) < 4.78 is 0. The normalized spacial score (nSPS) is 25.6. The molecule has 0 aliphatic carbocycles. The number of carbonyl (C=O) groups is 1. The van der Waals surface area contributed by atoms with Crippen molar-refractivity contribution in [3.05, 3.63) is 0 Å². The topological polar surface area (TPSA) is 49.6 Å². The summed E-state index contributed by atoms with van der Waals surface area (Å²) in [6.45, 7) is 5.12. The van der Waals surface area contributed by atoms with E-state index in [1.54, 1.807) is 0 Å². The smallest absolute Gasteiger partial charge is 0.222 e. The van der Waals surface area contributed by atoms with Crippen LogP contribution in [0, 0.1) is 0 Å². The number of hydrogen-bond acceptors (Lipinski definition) is 3. The highest BCUT2D eigenvalue weighted by atomic mass is 16.2. The Morgan fingerprint density at radius 1 is 1.11 bits per heavy atom. The van der Waals surface area contributed by atoms with Gasteiger partial charge in [-0.2, -0.15) is 0 Å². The van der Waals surface area contributed by atoms with E-state index >= 15 is 0 Å². The fourth-order valence-corrected chi connectivity index (χ4v) is 3.19. The minimum Gasteiger partial charge on any atom is -0.338 e. The predicted octanol–water partition coefficient (Wildman–Crippen LogP) is 1.20. The van der Waals surface area contributed by atoms with Crippen molar-refractivity contribution in [2.24, 2.45) is 5.73 Å². The van der Waals surface area contributed by atoms with Gasteiger partial charge in [-0.25, -0.2) is 0 Å². The summed E-state index contributed by atoms with van der Waals surface area (Å²) in [5.74, 6) is 0.319. The van der Waals surface area contributed by atoms with Gasteiger partial charge in [0.05, 0.1) is 0 Å². The van der Waals surface area contributed by atoms with Crippen molar-refractivity contribution in [3.63, 3.8) is 0 Å². The van der Waals surface area contributed by atoms with Crippen LogP contribution in [0.4, 0.5) is 0 Å². The Morgan fingerprint density at radius 2 is 1.89 bits per heavy atom. The van der Waals surface area contributed by atoms with Crippen molar-refractivity contribution in [1.82, 2.24) is 9.80 Å². The molecular weight excluding hydrogens is 226 g/mol. The number of nitrogens with zero attached hydrogens (tertiary/aromatic N) is 2. The zero-order valence-electron chi connectivity index (χ0n) is 11.4. The molecule has 104 valence electrons. The summed E-state index contributed by atoms with van der Waals surface area (Å²) >= 11 is 0. The van der Waals surface area contributed by atoms with Crippen LogP contribution in [0.5, 0.6) is 0 Å². The largest absolute Gasteiger partial charge is 0.338 e. The number of amides is 1. The Labute approximate surface area is 110 Å². The summed E-state index contributed by atoms with van der Waals surface area (Å²) in [5, 5.41) is 0. The first-order chi connectivity index (χ1) is 8.81. The highest BCUT2D eigenvalue weighted by Crippen LogP contribution is 2.21. The van der Waals surface area contributed by atoms with E-state index in [1.165, 1.54) is 45.2 Å². The van der Waals surface area contributed by atoms with Crippen molar-refractivity contribution in [1.29, 1.82) is 0 Å². The van der Waals surface area contributed by atoms with E-state index in [0.717, 1.165) is 19.5 Å². The maximum absolute atomic E-state index is 12.1. The second-order valence-electron chi connectivity index (χ2n) is 5.64. The molecule has 2 heterocycles. The van der Waals surface area contributed by atoms with Gasteiger partial charge >= 0.3 is 0 Å². The molecule has 2 fully saturated rings. The van der Waals surface area contributed by atoms with Gasteiger partial charge in [0.25, 0.3) is 0 Å². The molecule has 2 aliphatic heterocycles. The van der Waals surface area contributed by atoms with Gasteiger partial charge in [-0.3, -0.25) is 4.79 Å². The Hall–Kier alpha value is -0.610. The van der Waals surface area contributed by atoms with Gasteiger partial charge in [0.1, 0.15) is 0 Å². The summed E-state index contributed by atoms with van der Waals surface area (Å²) in [4.78, 5) is 16.8. The molecule has 0 spiro atoms. The van der Waals surface area contributed by atoms with Crippen LogP contribution < -0.4 is 5.73 Å². The van der Waals surface area contributed by atoms with Crippen LogP contribution in [0.2, 0.25) is 0 Å². The van der Waals surface area contributed by atoms with Gasteiger partial charge in [0.15, 0.2) is 0 Å². The SMILES string of the molecule is NCCCC(=O)N1CCCC1CN1CCCCC1. The van der Waals surface area contributed by atoms with Crippen LogP contribution in [-0.4, -0.2) is 54.5 Å². The molecule has 4 nitrogen and oxygen atoms in total. The van der Waals surface area contributed by atoms with Crippen LogP contribution in [0.25, 0.3) is 0 Å². The lowest BCUT2D eigenvalue weighted by Crippen LogP contribution is -2.44. The fourth-order valence-electron chi connectivity index (χ4n) is 3.19. The van der Waals surface area contributed by atoms with Gasteiger partial charge < -0.3 is 15.5 Å². The number of hydrogen-bond donors (Lipinski definition) is 1. The molecule has 1 atom stereocenters. The summed E-state index contributed by atoms with van der Waals surface area (Å²) in [5.41, 5.74) is 5.48. The standard InChI is InChI=1S/C14H27N3O/c15-8-4-7-14(18)17-11-5-6-13(17)12-16-9-2-1-3-10-16/h13H,1-12,15H2. The molecule has 0 bridgehead atoms. The van der Waals surface area contributed by atoms with Gasteiger partial charge in [0.2, 0.25) is 5.91 Å². The molecule has 2 aliphatic rings. The zero-order chi connectivity index (χ0) is 12.8. The highest BCUT2D eigenvalue weighted by Gasteiger charge is 2.29. The maximum Gasteiger partial charge on any atom is 0.222 e. The number of carbonyl (C=O) groups excluding carboxylic acids is 1. The van der Waals surface area contributed by atoms with Crippen LogP contribution in [0.3, 0.4) is 0 Å². The van der Waals surface area contributed by atoms with E-state index in [9.17, 15) is 4.79 Å². The Kier molecular flexibility index (Phi) is 5.45. The van der Waals surface area contributed by atoms with E-state index in [4.69, 9.17) is 5.73 Å². The predicted molar refractivity (Wildman–Crippen MR) is 73.3 cm³/mol. The van der Waals surface area contributed by atoms with E-state index in [-0.39, 0.29) is 0 Å². The molecule has 2 saturated heterocycles. The Bertz CT molecular complexity index is 264. The molecule has 0 aromatic rings. The van der Waals surface area contributed by atoms with Crippen molar-refractivity contribution >= 4 is 5.91 Å². The Morgan fingerprint density at radius 3 is 2.61 bits per heavy atom. The third-order valence-corrected chi connectivity index (χ3v) is 4.21. The van der Waals surface area contributed by atoms with E-state index < -0.39 is 0 Å². The molecule has 1 unspecified atom stereocenters. The second-order valence-corrected chi connectivity index (χ2v) is 5.64. The Balaban J connectivity index is 1.80. The highest BCUT2D eigenvalue weighted by molar-refractivity contribution is 5.76. The molecular formula is C14H27N3O. The van der Waals surface area contributed by atoms with Crippen molar-refractivity contribution in [2.75, 3.05) is 32.7 Å². The van der Waals surface area contributed by atoms with E-state index in [1.807, 2.05) is 0 Å². The molecule has 2 rings (SSSR count). The van der Waals surface area contributed by atoms with Crippen LogP contribution in [-0.2, 0) is 4.79 Å². The average molecular weight is 253 g/mol. The monoisotopic (exact) mass is 253 g/mol. The van der Waals surface area contributed by atoms with Crippen LogP contribution >= 0.6 is 0 Å². The third kappa shape index (κ3) is 3.69. The van der Waals surface area contributed by atoms with Crippen molar-refractivity contribution in [2.45, 2.75) is 51.0 Å². The third-order valence-electron chi connectivity index (χ3n) is 4.21. The van der Waals surface area contributed by atoms with Gasteiger partial charge in [-0.15, -0.1) is 0 Å². The van der Waals surface area contributed by atoms with Crippen molar-refractivity contribution < 1.29 is 4.79 Å². The zero-order valence-corrected chi connectivity index (χ0v) is 11.4. The summed E-state index contributed by atoms with van der Waals surface area (Å²) in [6.07, 6.45) is 7.85. The molecule has 18 heavy (non-hydrogen) atoms. The number of likely N-dealkylation sites (tertiary alicyclic amines) is 2. The fraction of sp³-hybridized carbons (Fsp3) is 0.929. The molecule has 0 saturated carbocycles. The van der Waals surface area contributed by atoms with Crippen LogP contribution in [0.1, 0.15) is 44.9 Å². The quantitative estimate of drug-likeness (QED) is 0.801. The average Bonchev–Trinajstić information content (AvgIpc) is 2.85. The molecule has 0 aromatic heterocycles. The maximum atomic E-state index is 12.1. The second kappa shape index (κ2) is 7.10. The lowest BCUT2D eigenvalue weighted by atomic mass is 10.1. The van der Waals surface area contributed by atoms with Crippen LogP contribution in [0.15, 0.2) is 0 Å². The van der Waals surface area contributed by atoms with E-state index in [2.05, 4.69) is 9.80 Å². The lowest BCUT2D eigenvalue weighted by molar-refractivity contribution is -0.132. The first-order valence-corrected chi connectivity index (χ1v) is 7.53. The van der Waals surface area contributed by atoms with Gasteiger partial charge in [-0.1, -0.05) is 6.42 Å². The number of piperidine rings is 1. The molecule has 0 radical (unpaired) electrons. The minimum absolute atomic E-state index is 0.319. The van der Waals surface area contributed by atoms with Gasteiger partial charge in [-0.05, 0) is 51.7 Å². The molecule has 4 heteroatoms. The molecule has 1 amide bonds. The first-order valence-electron chi connectivity index (χ1n) is 7.53. The minimum atomic E-state index is 0.319. The van der Waals surface area contributed by atoms with Gasteiger partial charge in [0, 0.05) is 25.6 Å². The lowest BCUT2D eigenvalue weighted by Gasteiger charge is -2.33. The molecule has 2 N–H and O–H groups in total. The van der Waals surface area contributed by atoms with Crippen molar-refractivity contribution in [3.8, 4) is 0 Å².